The Labute approximate surface area is 159 Å². The number of thioether (sulfide) groups is 1. The zero-order valence-corrected chi connectivity index (χ0v) is 16.3. The van der Waals surface area contributed by atoms with Gasteiger partial charge in [-0.2, -0.15) is 0 Å². The van der Waals surface area contributed by atoms with E-state index in [0.29, 0.717) is 6.42 Å². The zero-order valence-electron chi connectivity index (χ0n) is 13.9. The molecule has 1 fully saturated rings. The fourth-order valence-corrected chi connectivity index (χ4v) is 4.58. The van der Waals surface area contributed by atoms with Gasteiger partial charge in [0.25, 0.3) is 5.91 Å². The second-order valence-corrected chi connectivity index (χ2v) is 7.89. The first kappa shape index (κ1) is 16.8. The Kier molecular flexibility index (Phi) is 4.22. The summed E-state index contributed by atoms with van der Waals surface area (Å²) in [4.78, 5) is 19.6. The number of aliphatic imine (C=N–C) groups is 1. The molecule has 2 aromatic carbocycles. The van der Waals surface area contributed by atoms with E-state index in [4.69, 9.17) is 9.73 Å². The second-order valence-electron chi connectivity index (χ2n) is 6.10. The standard InChI is InChI=1S/C19H17BrN2O2S/c1-24-17-18(23)22-15-6-4-3-5-14(15)21-16(25-2)11-19(17,22)12-7-9-13(20)10-8-12/h3-10,17H,11H2,1-2H3. The summed E-state index contributed by atoms with van der Waals surface area (Å²) in [7, 11) is 1.60. The molecule has 128 valence electrons. The number of fused-ring (bicyclic) bond motifs is 3. The molecule has 0 bridgehead atoms. The highest BCUT2D eigenvalue weighted by Gasteiger charge is 2.63. The molecule has 2 aliphatic rings. The number of hydrogen-bond donors (Lipinski definition) is 0. The SMILES string of the molecule is COC1C(=O)N2c3ccccc3N=C(SC)CC12c1ccc(Br)cc1. The molecule has 2 aliphatic heterocycles. The first-order chi connectivity index (χ1) is 12.1. The van der Waals surface area contributed by atoms with Crippen molar-refractivity contribution in [3.63, 3.8) is 0 Å². The summed E-state index contributed by atoms with van der Waals surface area (Å²) in [5.41, 5.74) is 2.16. The van der Waals surface area contributed by atoms with Gasteiger partial charge in [0.05, 0.1) is 16.4 Å². The first-order valence-electron chi connectivity index (χ1n) is 7.95. The average Bonchev–Trinajstić information content (AvgIpc) is 2.75. The van der Waals surface area contributed by atoms with Crippen molar-refractivity contribution in [2.24, 2.45) is 4.99 Å². The molecule has 2 unspecified atom stereocenters. The minimum Gasteiger partial charge on any atom is -0.369 e. The highest BCUT2D eigenvalue weighted by atomic mass is 79.9. The van der Waals surface area contributed by atoms with E-state index < -0.39 is 11.6 Å². The summed E-state index contributed by atoms with van der Waals surface area (Å²) < 4.78 is 6.66. The third kappa shape index (κ3) is 2.39. The van der Waals surface area contributed by atoms with Crippen molar-refractivity contribution in [1.82, 2.24) is 0 Å². The lowest BCUT2D eigenvalue weighted by atomic mass is 9.72. The van der Waals surface area contributed by atoms with Crippen LogP contribution in [-0.4, -0.2) is 30.4 Å². The van der Waals surface area contributed by atoms with Gasteiger partial charge in [-0.15, -0.1) is 11.8 Å². The molecule has 2 atom stereocenters. The Balaban J connectivity index is 1.96. The number of amides is 1. The Morgan fingerprint density at radius 1 is 1.24 bits per heavy atom. The fraction of sp³-hybridized carbons (Fsp3) is 0.263. The molecule has 6 heteroatoms. The molecule has 0 N–H and O–H groups in total. The quantitative estimate of drug-likeness (QED) is 0.676. The number of carbonyl (C=O) groups excluding carboxylic acids is 1. The van der Waals surface area contributed by atoms with Crippen LogP contribution in [-0.2, 0) is 15.1 Å². The number of benzene rings is 2. The maximum Gasteiger partial charge on any atom is 0.259 e. The van der Waals surface area contributed by atoms with E-state index in [1.54, 1.807) is 18.9 Å². The summed E-state index contributed by atoms with van der Waals surface area (Å²) >= 11 is 5.11. The molecule has 0 saturated carbocycles. The Hall–Kier alpha value is -1.63. The number of para-hydroxylation sites is 2. The number of ether oxygens (including phenoxy) is 1. The topological polar surface area (TPSA) is 41.9 Å². The van der Waals surface area contributed by atoms with Gasteiger partial charge in [0.15, 0.2) is 6.10 Å². The molecule has 0 radical (unpaired) electrons. The average molecular weight is 417 g/mol. The molecule has 2 aromatic rings. The molecule has 4 rings (SSSR count). The minimum atomic E-state index is -0.568. The van der Waals surface area contributed by atoms with Crippen molar-refractivity contribution in [2.45, 2.75) is 18.1 Å². The Morgan fingerprint density at radius 2 is 1.96 bits per heavy atom. The first-order valence-corrected chi connectivity index (χ1v) is 9.97. The number of rotatable bonds is 2. The molecule has 2 heterocycles. The van der Waals surface area contributed by atoms with E-state index in [-0.39, 0.29) is 5.91 Å². The van der Waals surface area contributed by atoms with Crippen molar-refractivity contribution in [1.29, 1.82) is 0 Å². The predicted octanol–water partition coefficient (Wildman–Crippen LogP) is 4.50. The van der Waals surface area contributed by atoms with Gasteiger partial charge in [-0.25, -0.2) is 4.99 Å². The number of methoxy groups -OCH3 is 1. The smallest absolute Gasteiger partial charge is 0.259 e. The van der Waals surface area contributed by atoms with Gasteiger partial charge in [-0.1, -0.05) is 40.2 Å². The summed E-state index contributed by atoms with van der Waals surface area (Å²) in [5.74, 6) is -0.0181. The van der Waals surface area contributed by atoms with Crippen LogP contribution in [0.25, 0.3) is 0 Å². The maximum absolute atomic E-state index is 12.9. The van der Waals surface area contributed by atoms with Gasteiger partial charge in [0.2, 0.25) is 0 Å². The molecule has 0 aliphatic carbocycles. The molecule has 1 saturated heterocycles. The van der Waals surface area contributed by atoms with Gasteiger partial charge in [0.1, 0.15) is 5.54 Å². The summed E-state index contributed by atoms with van der Waals surface area (Å²) in [6.45, 7) is 0. The van der Waals surface area contributed by atoms with Crippen LogP contribution in [0.1, 0.15) is 12.0 Å². The van der Waals surface area contributed by atoms with Crippen LogP contribution in [0.2, 0.25) is 0 Å². The van der Waals surface area contributed by atoms with E-state index in [9.17, 15) is 4.79 Å². The lowest BCUT2D eigenvalue weighted by Crippen LogP contribution is -2.73. The van der Waals surface area contributed by atoms with Crippen LogP contribution in [0.5, 0.6) is 0 Å². The molecule has 1 amide bonds. The van der Waals surface area contributed by atoms with Crippen LogP contribution in [0.3, 0.4) is 0 Å². The Morgan fingerprint density at radius 3 is 2.64 bits per heavy atom. The van der Waals surface area contributed by atoms with E-state index in [2.05, 4.69) is 28.1 Å². The number of halogens is 1. The van der Waals surface area contributed by atoms with Gasteiger partial charge in [-0.3, -0.25) is 9.69 Å². The van der Waals surface area contributed by atoms with Crippen molar-refractivity contribution >= 4 is 50.0 Å². The number of carbonyl (C=O) groups is 1. The van der Waals surface area contributed by atoms with Crippen molar-refractivity contribution < 1.29 is 9.53 Å². The number of β-lactam (4-membered cyclic amide) rings is 1. The van der Waals surface area contributed by atoms with Gasteiger partial charge in [0, 0.05) is 18.0 Å². The number of hydrogen-bond acceptors (Lipinski definition) is 4. The lowest BCUT2D eigenvalue weighted by Gasteiger charge is -2.56. The summed E-state index contributed by atoms with van der Waals surface area (Å²) in [6, 6.07) is 15.9. The third-order valence-electron chi connectivity index (χ3n) is 4.88. The van der Waals surface area contributed by atoms with Crippen molar-refractivity contribution in [3.8, 4) is 0 Å². The monoisotopic (exact) mass is 416 g/mol. The largest absolute Gasteiger partial charge is 0.369 e. The zero-order chi connectivity index (χ0) is 17.6. The number of anilines is 1. The summed E-state index contributed by atoms with van der Waals surface area (Å²) in [5, 5.41) is 0.993. The molecule has 4 nitrogen and oxygen atoms in total. The third-order valence-corrected chi connectivity index (χ3v) is 6.12. The molecule has 0 spiro atoms. The second kappa shape index (κ2) is 6.27. The van der Waals surface area contributed by atoms with Crippen LogP contribution >= 0.6 is 27.7 Å². The summed E-state index contributed by atoms with van der Waals surface area (Å²) in [6.07, 6.45) is 2.14. The van der Waals surface area contributed by atoms with Crippen molar-refractivity contribution in [2.75, 3.05) is 18.3 Å². The Bertz CT molecular complexity index is 868. The number of nitrogens with zero attached hydrogens (tertiary/aromatic N) is 2. The lowest BCUT2D eigenvalue weighted by molar-refractivity contribution is -0.147. The van der Waals surface area contributed by atoms with Crippen LogP contribution in [0, 0.1) is 0 Å². The highest BCUT2D eigenvalue weighted by molar-refractivity contribution is 9.10. The molecule has 25 heavy (non-hydrogen) atoms. The van der Waals surface area contributed by atoms with Gasteiger partial charge in [-0.05, 0) is 36.1 Å². The van der Waals surface area contributed by atoms with Crippen molar-refractivity contribution in [3.05, 3.63) is 58.6 Å². The van der Waals surface area contributed by atoms with Crippen LogP contribution < -0.4 is 4.90 Å². The van der Waals surface area contributed by atoms with E-state index in [1.807, 2.05) is 47.6 Å². The van der Waals surface area contributed by atoms with E-state index in [0.717, 1.165) is 26.5 Å². The highest BCUT2D eigenvalue weighted by Crippen LogP contribution is 2.53. The van der Waals surface area contributed by atoms with E-state index >= 15 is 0 Å². The van der Waals surface area contributed by atoms with Gasteiger partial charge < -0.3 is 4.74 Å². The fourth-order valence-electron chi connectivity index (χ4n) is 3.76. The maximum atomic E-state index is 12.9. The normalized spacial score (nSPS) is 24.8. The van der Waals surface area contributed by atoms with Crippen LogP contribution in [0.4, 0.5) is 11.4 Å². The predicted molar refractivity (Wildman–Crippen MR) is 106 cm³/mol. The minimum absolute atomic E-state index is 0.0181. The van der Waals surface area contributed by atoms with Gasteiger partial charge >= 0.3 is 0 Å². The van der Waals surface area contributed by atoms with Crippen LogP contribution in [0.15, 0.2) is 58.0 Å². The molecular formula is C19H17BrN2O2S. The van der Waals surface area contributed by atoms with E-state index in [1.165, 1.54) is 0 Å². The molecule has 0 aromatic heterocycles. The molecular weight excluding hydrogens is 400 g/mol.